The minimum absolute atomic E-state index is 0.0508. The van der Waals surface area contributed by atoms with Crippen molar-refractivity contribution >= 4 is 10.0 Å². The maximum absolute atomic E-state index is 13.6. The molecule has 0 aliphatic carbocycles. The Bertz CT molecular complexity index is 597. The standard InChI is InChI=1S/C12H16F3NO3S/c1-4-16(7-12(2,3)17)20(18,19)9-6-5-8(13)10(14)11(9)15/h5-6,17H,4,7H2,1-3H3. The Morgan fingerprint density at radius 1 is 1.20 bits per heavy atom. The predicted molar refractivity (Wildman–Crippen MR) is 67.0 cm³/mol. The lowest BCUT2D eigenvalue weighted by molar-refractivity contribution is 0.0600. The van der Waals surface area contributed by atoms with Crippen LogP contribution in [0.4, 0.5) is 13.2 Å². The summed E-state index contributed by atoms with van der Waals surface area (Å²) < 4.78 is 64.8. The highest BCUT2D eigenvalue weighted by atomic mass is 32.2. The van der Waals surface area contributed by atoms with E-state index in [4.69, 9.17) is 0 Å². The van der Waals surface area contributed by atoms with Crippen LogP contribution in [0.15, 0.2) is 17.0 Å². The van der Waals surface area contributed by atoms with Crippen molar-refractivity contribution in [1.82, 2.24) is 4.31 Å². The number of halogens is 3. The van der Waals surface area contributed by atoms with Crippen LogP contribution in [-0.4, -0.2) is 36.5 Å². The summed E-state index contributed by atoms with van der Waals surface area (Å²) in [5.41, 5.74) is -1.35. The maximum atomic E-state index is 13.6. The fourth-order valence-corrected chi connectivity index (χ4v) is 3.30. The molecule has 114 valence electrons. The third-order valence-corrected chi connectivity index (χ3v) is 4.47. The van der Waals surface area contributed by atoms with E-state index in [-0.39, 0.29) is 13.1 Å². The molecule has 0 heterocycles. The van der Waals surface area contributed by atoms with Crippen molar-refractivity contribution in [2.24, 2.45) is 0 Å². The van der Waals surface area contributed by atoms with Crippen molar-refractivity contribution in [2.45, 2.75) is 31.3 Å². The van der Waals surface area contributed by atoms with E-state index in [9.17, 15) is 26.7 Å². The summed E-state index contributed by atoms with van der Waals surface area (Å²) in [6.07, 6.45) is 0. The van der Waals surface area contributed by atoms with Crippen LogP contribution in [0.3, 0.4) is 0 Å². The zero-order valence-corrected chi connectivity index (χ0v) is 12.1. The van der Waals surface area contributed by atoms with Gasteiger partial charge in [-0.3, -0.25) is 0 Å². The molecule has 0 bridgehead atoms. The number of benzene rings is 1. The second kappa shape index (κ2) is 5.71. The van der Waals surface area contributed by atoms with Gasteiger partial charge in [0.1, 0.15) is 4.90 Å². The van der Waals surface area contributed by atoms with Gasteiger partial charge < -0.3 is 5.11 Å². The van der Waals surface area contributed by atoms with E-state index in [0.717, 1.165) is 4.31 Å². The average molecular weight is 311 g/mol. The van der Waals surface area contributed by atoms with Gasteiger partial charge in [0.05, 0.1) is 5.60 Å². The first kappa shape index (κ1) is 16.9. The van der Waals surface area contributed by atoms with Gasteiger partial charge in [0.2, 0.25) is 10.0 Å². The third-order valence-electron chi connectivity index (χ3n) is 2.53. The van der Waals surface area contributed by atoms with Crippen molar-refractivity contribution in [3.05, 3.63) is 29.6 Å². The lowest BCUT2D eigenvalue weighted by atomic mass is 10.1. The highest BCUT2D eigenvalue weighted by molar-refractivity contribution is 7.89. The van der Waals surface area contributed by atoms with Crippen LogP contribution in [0.2, 0.25) is 0 Å². The predicted octanol–water partition coefficient (Wildman–Crippen LogP) is 1.89. The van der Waals surface area contributed by atoms with Crippen LogP contribution in [0, 0.1) is 17.5 Å². The average Bonchev–Trinajstić information content (AvgIpc) is 2.31. The third kappa shape index (κ3) is 3.50. The van der Waals surface area contributed by atoms with Gasteiger partial charge in [-0.25, -0.2) is 21.6 Å². The smallest absolute Gasteiger partial charge is 0.246 e. The van der Waals surface area contributed by atoms with Crippen molar-refractivity contribution in [1.29, 1.82) is 0 Å². The maximum Gasteiger partial charge on any atom is 0.246 e. The van der Waals surface area contributed by atoms with Gasteiger partial charge in [0.15, 0.2) is 17.5 Å². The molecule has 20 heavy (non-hydrogen) atoms. The molecule has 0 saturated heterocycles. The van der Waals surface area contributed by atoms with Crippen molar-refractivity contribution in [2.75, 3.05) is 13.1 Å². The Kier molecular flexibility index (Phi) is 4.83. The van der Waals surface area contributed by atoms with Gasteiger partial charge >= 0.3 is 0 Å². The van der Waals surface area contributed by atoms with Crippen LogP contribution >= 0.6 is 0 Å². The van der Waals surface area contributed by atoms with Crippen LogP contribution in [0.25, 0.3) is 0 Å². The van der Waals surface area contributed by atoms with E-state index in [1.807, 2.05) is 0 Å². The van der Waals surface area contributed by atoms with Gasteiger partial charge in [0.25, 0.3) is 0 Å². The Hall–Kier alpha value is -1.12. The first-order valence-corrected chi connectivity index (χ1v) is 7.30. The van der Waals surface area contributed by atoms with Crippen molar-refractivity contribution in [3.63, 3.8) is 0 Å². The first-order valence-electron chi connectivity index (χ1n) is 5.86. The number of likely N-dealkylation sites (N-methyl/N-ethyl adjacent to an activating group) is 1. The molecule has 0 spiro atoms. The molecule has 1 rings (SSSR count). The minimum atomic E-state index is -4.36. The molecule has 1 aromatic rings. The van der Waals surface area contributed by atoms with E-state index in [0.29, 0.717) is 12.1 Å². The molecule has 0 aliphatic rings. The summed E-state index contributed by atoms with van der Waals surface area (Å²) >= 11 is 0. The van der Waals surface area contributed by atoms with E-state index in [1.165, 1.54) is 20.8 Å². The number of rotatable bonds is 5. The van der Waals surface area contributed by atoms with Gasteiger partial charge in [-0.1, -0.05) is 6.92 Å². The molecular weight excluding hydrogens is 295 g/mol. The quantitative estimate of drug-likeness (QED) is 0.845. The highest BCUT2D eigenvalue weighted by Crippen LogP contribution is 2.24. The van der Waals surface area contributed by atoms with Gasteiger partial charge in [-0.2, -0.15) is 4.31 Å². The molecule has 0 saturated carbocycles. The molecule has 0 radical (unpaired) electrons. The fourth-order valence-electron chi connectivity index (χ4n) is 1.64. The summed E-state index contributed by atoms with van der Waals surface area (Å²) in [5, 5.41) is 9.66. The number of nitrogens with zero attached hydrogens (tertiary/aromatic N) is 1. The Morgan fingerprint density at radius 2 is 1.75 bits per heavy atom. The van der Waals surface area contributed by atoms with Crippen LogP contribution in [0.5, 0.6) is 0 Å². The van der Waals surface area contributed by atoms with E-state index in [1.54, 1.807) is 0 Å². The molecule has 0 amide bonds. The summed E-state index contributed by atoms with van der Waals surface area (Å²) in [6, 6.07) is 1.21. The molecule has 1 aromatic carbocycles. The molecule has 0 fully saturated rings. The summed E-state index contributed by atoms with van der Waals surface area (Å²) in [6.45, 7) is 3.90. The number of hydrogen-bond donors (Lipinski definition) is 1. The molecular formula is C12H16F3NO3S. The van der Waals surface area contributed by atoms with E-state index >= 15 is 0 Å². The highest BCUT2D eigenvalue weighted by Gasteiger charge is 2.32. The Morgan fingerprint density at radius 3 is 2.20 bits per heavy atom. The van der Waals surface area contributed by atoms with Crippen molar-refractivity contribution in [3.8, 4) is 0 Å². The molecule has 4 nitrogen and oxygen atoms in total. The van der Waals surface area contributed by atoms with Gasteiger partial charge in [0, 0.05) is 13.1 Å². The summed E-state index contributed by atoms with van der Waals surface area (Å²) in [5.74, 6) is -5.07. The minimum Gasteiger partial charge on any atom is -0.389 e. The first-order chi connectivity index (χ1) is 9.00. The number of hydrogen-bond acceptors (Lipinski definition) is 3. The lowest BCUT2D eigenvalue weighted by Gasteiger charge is -2.27. The van der Waals surface area contributed by atoms with Gasteiger partial charge in [-0.05, 0) is 26.0 Å². The number of sulfonamides is 1. The van der Waals surface area contributed by atoms with E-state index in [2.05, 4.69) is 0 Å². The molecule has 0 aromatic heterocycles. The summed E-state index contributed by atoms with van der Waals surface area (Å²) in [7, 11) is -4.36. The zero-order chi connectivity index (χ0) is 15.7. The second-order valence-electron chi connectivity index (χ2n) is 4.92. The normalized spacial score (nSPS) is 13.0. The molecule has 0 unspecified atom stereocenters. The zero-order valence-electron chi connectivity index (χ0n) is 11.3. The largest absolute Gasteiger partial charge is 0.389 e. The Labute approximate surface area is 115 Å². The molecule has 8 heteroatoms. The topological polar surface area (TPSA) is 57.6 Å². The molecule has 0 atom stereocenters. The SMILES string of the molecule is CCN(CC(C)(C)O)S(=O)(=O)c1ccc(F)c(F)c1F. The summed E-state index contributed by atoms with van der Waals surface area (Å²) in [4.78, 5) is -0.956. The lowest BCUT2D eigenvalue weighted by Crippen LogP contribution is -2.42. The second-order valence-corrected chi connectivity index (χ2v) is 6.82. The van der Waals surface area contributed by atoms with Crippen LogP contribution < -0.4 is 0 Å². The molecule has 1 N–H and O–H groups in total. The van der Waals surface area contributed by atoms with E-state index < -0.39 is 38.0 Å². The number of aliphatic hydroxyl groups is 1. The molecule has 0 aliphatic heterocycles. The van der Waals surface area contributed by atoms with Crippen LogP contribution in [-0.2, 0) is 10.0 Å². The van der Waals surface area contributed by atoms with Gasteiger partial charge in [-0.15, -0.1) is 0 Å². The monoisotopic (exact) mass is 311 g/mol. The fraction of sp³-hybridized carbons (Fsp3) is 0.500. The Balaban J connectivity index is 3.32. The van der Waals surface area contributed by atoms with Crippen LogP contribution in [0.1, 0.15) is 20.8 Å². The van der Waals surface area contributed by atoms with Crippen molar-refractivity contribution < 1.29 is 26.7 Å².